The minimum atomic E-state index is -0.586. The third kappa shape index (κ3) is 3.29. The lowest BCUT2D eigenvalue weighted by Crippen LogP contribution is -2.65. The molecule has 0 aromatic heterocycles. The Labute approximate surface area is 166 Å². The number of urea groups is 1. The van der Waals surface area contributed by atoms with Gasteiger partial charge < -0.3 is 10.2 Å². The van der Waals surface area contributed by atoms with Gasteiger partial charge in [0.2, 0.25) is 5.91 Å². The van der Waals surface area contributed by atoms with E-state index >= 15 is 0 Å². The van der Waals surface area contributed by atoms with Gasteiger partial charge >= 0.3 is 6.03 Å². The summed E-state index contributed by atoms with van der Waals surface area (Å²) in [7, 11) is 0. The molecule has 1 aromatic rings. The van der Waals surface area contributed by atoms with Gasteiger partial charge in [-0.15, -0.1) is 0 Å². The van der Waals surface area contributed by atoms with E-state index in [9.17, 15) is 14.4 Å². The first-order valence-corrected chi connectivity index (χ1v) is 10.5. The number of benzene rings is 1. The average Bonchev–Trinajstić information content (AvgIpc) is 3.12. The van der Waals surface area contributed by atoms with Crippen molar-refractivity contribution in [3.8, 4) is 0 Å². The van der Waals surface area contributed by atoms with Crippen LogP contribution in [-0.2, 0) is 9.59 Å². The zero-order valence-electron chi connectivity index (χ0n) is 16.7. The first-order valence-electron chi connectivity index (χ1n) is 10.5. The van der Waals surface area contributed by atoms with Crippen LogP contribution in [0.4, 0.5) is 10.5 Å². The highest BCUT2D eigenvalue weighted by atomic mass is 16.2. The standard InChI is InChI=1S/C22H29N3O3/c1-14(2)15-8-10-17(11-9-15)25-21(27)19-18(23-22(25)28)12-13-24(19)20(26)16-6-4-3-5-7-16/h8-11,14,16,18-19H,3-7,12-13H2,1-2H3,(H,23,28)/t18-,19-/m1/s1. The molecule has 6 heteroatoms. The summed E-state index contributed by atoms with van der Waals surface area (Å²) >= 11 is 0. The summed E-state index contributed by atoms with van der Waals surface area (Å²) in [5.74, 6) is 0.207. The van der Waals surface area contributed by atoms with E-state index in [0.29, 0.717) is 24.6 Å². The number of carbonyl (C=O) groups excluding carboxylic acids is 3. The van der Waals surface area contributed by atoms with Crippen molar-refractivity contribution >= 4 is 23.5 Å². The first-order chi connectivity index (χ1) is 13.5. The van der Waals surface area contributed by atoms with Gasteiger partial charge in [-0.1, -0.05) is 45.2 Å². The number of hydrogen-bond acceptors (Lipinski definition) is 3. The summed E-state index contributed by atoms with van der Waals surface area (Å²) < 4.78 is 0. The molecule has 2 saturated heterocycles. The van der Waals surface area contributed by atoms with E-state index in [2.05, 4.69) is 19.2 Å². The van der Waals surface area contributed by atoms with Crippen LogP contribution in [0.3, 0.4) is 0 Å². The summed E-state index contributed by atoms with van der Waals surface area (Å²) in [6, 6.07) is 6.27. The number of imide groups is 1. The predicted octanol–water partition coefficient (Wildman–Crippen LogP) is 3.42. The Morgan fingerprint density at radius 3 is 2.36 bits per heavy atom. The SMILES string of the molecule is CC(C)c1ccc(N2C(=O)N[C@@H]3CCN(C(=O)C4CCCCC4)[C@H]3C2=O)cc1. The second-order valence-electron chi connectivity index (χ2n) is 8.58. The molecule has 0 bridgehead atoms. The molecule has 4 amide bonds. The van der Waals surface area contributed by atoms with Crippen LogP contribution >= 0.6 is 0 Å². The lowest BCUT2D eigenvalue weighted by molar-refractivity contribution is -0.142. The van der Waals surface area contributed by atoms with Crippen LogP contribution in [0.1, 0.15) is 63.9 Å². The summed E-state index contributed by atoms with van der Waals surface area (Å²) in [5, 5.41) is 2.95. The molecule has 2 heterocycles. The summed E-state index contributed by atoms with van der Waals surface area (Å²) in [5.41, 5.74) is 1.71. The van der Waals surface area contributed by atoms with Gasteiger partial charge in [0.15, 0.2) is 0 Å². The number of likely N-dealkylation sites (tertiary alicyclic amines) is 1. The Hall–Kier alpha value is -2.37. The zero-order chi connectivity index (χ0) is 19.8. The van der Waals surface area contributed by atoms with Crippen molar-refractivity contribution in [2.75, 3.05) is 11.4 Å². The van der Waals surface area contributed by atoms with E-state index in [4.69, 9.17) is 0 Å². The highest BCUT2D eigenvalue weighted by molar-refractivity contribution is 6.19. The lowest BCUT2D eigenvalue weighted by atomic mass is 9.88. The summed E-state index contributed by atoms with van der Waals surface area (Å²) in [4.78, 5) is 42.0. The summed E-state index contributed by atoms with van der Waals surface area (Å²) in [6.45, 7) is 4.74. The largest absolute Gasteiger partial charge is 0.332 e. The molecule has 150 valence electrons. The van der Waals surface area contributed by atoms with Crippen molar-refractivity contribution in [1.29, 1.82) is 0 Å². The van der Waals surface area contributed by atoms with Crippen molar-refractivity contribution in [2.45, 2.75) is 70.4 Å². The molecule has 1 aliphatic carbocycles. The first kappa shape index (κ1) is 19.0. The molecule has 2 aliphatic heterocycles. The number of nitrogens with zero attached hydrogens (tertiary/aromatic N) is 2. The van der Waals surface area contributed by atoms with Crippen LogP contribution < -0.4 is 10.2 Å². The number of nitrogens with one attached hydrogen (secondary N) is 1. The van der Waals surface area contributed by atoms with Gasteiger partial charge in [0.25, 0.3) is 5.91 Å². The molecule has 6 nitrogen and oxygen atoms in total. The van der Waals surface area contributed by atoms with E-state index < -0.39 is 12.1 Å². The molecule has 3 fully saturated rings. The molecular weight excluding hydrogens is 354 g/mol. The fourth-order valence-electron chi connectivity index (χ4n) is 4.79. The molecule has 28 heavy (non-hydrogen) atoms. The molecule has 0 radical (unpaired) electrons. The molecule has 1 N–H and O–H groups in total. The Balaban J connectivity index is 1.57. The van der Waals surface area contributed by atoms with Crippen LogP contribution in [0.25, 0.3) is 0 Å². The maximum Gasteiger partial charge on any atom is 0.329 e. The Kier molecular flexibility index (Phi) is 5.13. The van der Waals surface area contributed by atoms with Crippen LogP contribution in [0.5, 0.6) is 0 Å². The highest BCUT2D eigenvalue weighted by Gasteiger charge is 2.50. The van der Waals surface area contributed by atoms with Crippen molar-refractivity contribution in [2.24, 2.45) is 5.92 Å². The monoisotopic (exact) mass is 383 g/mol. The van der Waals surface area contributed by atoms with Crippen molar-refractivity contribution in [3.63, 3.8) is 0 Å². The number of hydrogen-bond donors (Lipinski definition) is 1. The number of rotatable bonds is 3. The van der Waals surface area contributed by atoms with E-state index in [1.54, 1.807) is 4.90 Å². The van der Waals surface area contributed by atoms with Gasteiger partial charge in [-0.25, -0.2) is 9.69 Å². The van der Waals surface area contributed by atoms with Crippen molar-refractivity contribution < 1.29 is 14.4 Å². The second kappa shape index (κ2) is 7.57. The number of carbonyl (C=O) groups is 3. The van der Waals surface area contributed by atoms with E-state index in [1.807, 2.05) is 24.3 Å². The number of amides is 4. The molecular formula is C22H29N3O3. The van der Waals surface area contributed by atoms with Crippen LogP contribution in [0, 0.1) is 5.92 Å². The molecule has 1 aromatic carbocycles. The van der Waals surface area contributed by atoms with E-state index in [-0.39, 0.29) is 23.8 Å². The maximum absolute atomic E-state index is 13.3. The fourth-order valence-corrected chi connectivity index (χ4v) is 4.79. The molecule has 0 spiro atoms. The fraction of sp³-hybridized carbons (Fsp3) is 0.591. The van der Waals surface area contributed by atoms with Gasteiger partial charge in [0, 0.05) is 12.5 Å². The average molecular weight is 383 g/mol. The van der Waals surface area contributed by atoms with Crippen molar-refractivity contribution in [1.82, 2.24) is 10.2 Å². The number of fused-ring (bicyclic) bond motifs is 1. The molecule has 3 aliphatic rings. The normalized spacial score (nSPS) is 25.8. The lowest BCUT2D eigenvalue weighted by Gasteiger charge is -2.38. The minimum Gasteiger partial charge on any atom is -0.332 e. The van der Waals surface area contributed by atoms with Gasteiger partial charge in [-0.05, 0) is 42.9 Å². The molecule has 0 unspecified atom stereocenters. The van der Waals surface area contributed by atoms with Crippen LogP contribution in [-0.4, -0.2) is 41.4 Å². The second-order valence-corrected chi connectivity index (χ2v) is 8.58. The third-order valence-electron chi connectivity index (χ3n) is 6.44. The summed E-state index contributed by atoms with van der Waals surface area (Å²) in [6.07, 6.45) is 5.81. The molecule has 4 rings (SSSR count). The Bertz CT molecular complexity index is 768. The van der Waals surface area contributed by atoms with Crippen LogP contribution in [0.2, 0.25) is 0 Å². The van der Waals surface area contributed by atoms with E-state index in [0.717, 1.165) is 31.2 Å². The maximum atomic E-state index is 13.3. The third-order valence-corrected chi connectivity index (χ3v) is 6.44. The van der Waals surface area contributed by atoms with E-state index in [1.165, 1.54) is 11.3 Å². The topological polar surface area (TPSA) is 69.7 Å². The number of anilines is 1. The highest BCUT2D eigenvalue weighted by Crippen LogP contribution is 2.32. The molecule has 2 atom stereocenters. The van der Waals surface area contributed by atoms with Crippen LogP contribution in [0.15, 0.2) is 24.3 Å². The predicted molar refractivity (Wildman–Crippen MR) is 107 cm³/mol. The van der Waals surface area contributed by atoms with Gasteiger partial charge in [0.05, 0.1) is 11.7 Å². The zero-order valence-corrected chi connectivity index (χ0v) is 16.7. The van der Waals surface area contributed by atoms with Gasteiger partial charge in [-0.2, -0.15) is 0 Å². The quantitative estimate of drug-likeness (QED) is 0.869. The van der Waals surface area contributed by atoms with Gasteiger partial charge in [-0.3, -0.25) is 9.59 Å². The Morgan fingerprint density at radius 2 is 1.71 bits per heavy atom. The van der Waals surface area contributed by atoms with Gasteiger partial charge in [0.1, 0.15) is 6.04 Å². The molecule has 1 saturated carbocycles. The Morgan fingerprint density at radius 1 is 1.04 bits per heavy atom. The minimum absolute atomic E-state index is 0.0247. The van der Waals surface area contributed by atoms with Crippen molar-refractivity contribution in [3.05, 3.63) is 29.8 Å². The smallest absolute Gasteiger partial charge is 0.329 e.